The predicted octanol–water partition coefficient (Wildman–Crippen LogP) is 2.17. The first kappa shape index (κ1) is 15.5. The molecule has 2 heterocycles. The van der Waals surface area contributed by atoms with Gasteiger partial charge in [-0.15, -0.1) is 11.3 Å². The summed E-state index contributed by atoms with van der Waals surface area (Å²) >= 11 is 1.51. The summed E-state index contributed by atoms with van der Waals surface area (Å²) in [5.41, 5.74) is 0.736. The van der Waals surface area contributed by atoms with Gasteiger partial charge in [-0.25, -0.2) is 4.98 Å². The Hall–Kier alpha value is -2.41. The zero-order valence-corrected chi connectivity index (χ0v) is 13.9. The Labute approximate surface area is 137 Å². The van der Waals surface area contributed by atoms with Gasteiger partial charge in [0.25, 0.3) is 17.4 Å². The maximum Gasteiger partial charge on any atom is 0.278 e. The molecule has 1 aliphatic rings. The molecule has 0 bridgehead atoms. The van der Waals surface area contributed by atoms with Gasteiger partial charge >= 0.3 is 0 Å². The maximum absolute atomic E-state index is 12.5. The molecule has 2 aromatic rings. The lowest BCUT2D eigenvalue weighted by Crippen LogP contribution is -2.58. The first-order valence-corrected chi connectivity index (χ1v) is 8.07. The van der Waals surface area contributed by atoms with Crippen molar-refractivity contribution in [1.29, 1.82) is 0 Å². The summed E-state index contributed by atoms with van der Waals surface area (Å²) in [5.74, 6) is -0.494. The van der Waals surface area contributed by atoms with Gasteiger partial charge in [0.1, 0.15) is 5.75 Å². The zero-order valence-electron chi connectivity index (χ0n) is 13.1. The number of carbonyl (C=O) groups is 2. The van der Waals surface area contributed by atoms with E-state index in [9.17, 15) is 9.59 Å². The molecule has 0 unspecified atom stereocenters. The van der Waals surface area contributed by atoms with Gasteiger partial charge in [-0.1, -0.05) is 6.07 Å². The van der Waals surface area contributed by atoms with Crippen LogP contribution in [0.1, 0.15) is 23.2 Å². The molecule has 0 saturated heterocycles. The molecule has 0 spiro atoms. The second kappa shape index (κ2) is 5.66. The van der Waals surface area contributed by atoms with E-state index in [0.29, 0.717) is 11.4 Å². The van der Waals surface area contributed by atoms with Crippen LogP contribution < -0.4 is 15.4 Å². The summed E-state index contributed by atoms with van der Waals surface area (Å²) in [6, 6.07) is 5.43. The monoisotopic (exact) mass is 331 g/mol. The molecular formula is C16H17N3O3S. The van der Waals surface area contributed by atoms with E-state index in [-0.39, 0.29) is 6.54 Å². The SMILES string of the molecule is Cc1ccc2c(c1)NC(=O)[C@@](C)(C(=O)NCc1csc(C)n1)O2. The number of carbonyl (C=O) groups excluding carboxylic acids is 2. The quantitative estimate of drug-likeness (QED) is 0.845. The summed E-state index contributed by atoms with van der Waals surface area (Å²) in [6.45, 7) is 5.54. The molecule has 1 aromatic carbocycles. The molecule has 7 heteroatoms. The fourth-order valence-electron chi connectivity index (χ4n) is 2.32. The van der Waals surface area contributed by atoms with Gasteiger partial charge in [0, 0.05) is 5.38 Å². The number of rotatable bonds is 3. The molecule has 1 aromatic heterocycles. The molecule has 2 N–H and O–H groups in total. The van der Waals surface area contributed by atoms with Crippen LogP contribution in [0.5, 0.6) is 5.75 Å². The summed E-state index contributed by atoms with van der Waals surface area (Å²) in [6.07, 6.45) is 0. The number of amides is 2. The van der Waals surface area contributed by atoms with E-state index in [0.717, 1.165) is 16.3 Å². The Morgan fingerprint density at radius 3 is 2.91 bits per heavy atom. The molecule has 6 nitrogen and oxygen atoms in total. The van der Waals surface area contributed by atoms with Crippen molar-refractivity contribution in [2.24, 2.45) is 0 Å². The Kier molecular flexibility index (Phi) is 3.81. The highest BCUT2D eigenvalue weighted by molar-refractivity contribution is 7.09. The summed E-state index contributed by atoms with van der Waals surface area (Å²) < 4.78 is 5.70. The van der Waals surface area contributed by atoms with Gasteiger partial charge in [0.15, 0.2) is 0 Å². The smallest absolute Gasteiger partial charge is 0.278 e. The third-order valence-electron chi connectivity index (χ3n) is 3.66. The number of aryl methyl sites for hydroxylation is 2. The van der Waals surface area contributed by atoms with Crippen LogP contribution in [0.4, 0.5) is 5.69 Å². The zero-order chi connectivity index (χ0) is 16.6. The van der Waals surface area contributed by atoms with Gasteiger partial charge in [-0.3, -0.25) is 9.59 Å². The van der Waals surface area contributed by atoms with Gasteiger partial charge in [-0.2, -0.15) is 0 Å². The van der Waals surface area contributed by atoms with Gasteiger partial charge in [0.2, 0.25) is 0 Å². The van der Waals surface area contributed by atoms with Gasteiger partial charge in [0.05, 0.1) is 22.9 Å². The van der Waals surface area contributed by atoms with E-state index < -0.39 is 17.4 Å². The van der Waals surface area contributed by atoms with Crippen molar-refractivity contribution < 1.29 is 14.3 Å². The largest absolute Gasteiger partial charge is 0.466 e. The minimum atomic E-state index is -1.60. The van der Waals surface area contributed by atoms with Crippen molar-refractivity contribution in [2.75, 3.05) is 5.32 Å². The topological polar surface area (TPSA) is 80.3 Å². The number of fused-ring (bicyclic) bond motifs is 1. The number of hydrogen-bond donors (Lipinski definition) is 2. The second-order valence-electron chi connectivity index (χ2n) is 5.63. The number of thiazole rings is 1. The molecule has 3 rings (SSSR count). The first-order chi connectivity index (χ1) is 10.9. The highest BCUT2D eigenvalue weighted by Gasteiger charge is 2.47. The van der Waals surface area contributed by atoms with Crippen molar-refractivity contribution in [1.82, 2.24) is 10.3 Å². The van der Waals surface area contributed by atoms with Crippen LogP contribution in [0.15, 0.2) is 23.6 Å². The van der Waals surface area contributed by atoms with E-state index in [1.165, 1.54) is 18.3 Å². The predicted molar refractivity (Wildman–Crippen MR) is 87.5 cm³/mol. The highest BCUT2D eigenvalue weighted by atomic mass is 32.1. The van der Waals surface area contributed by atoms with Crippen LogP contribution in [-0.4, -0.2) is 22.4 Å². The fraction of sp³-hybridized carbons (Fsp3) is 0.312. The molecule has 0 fully saturated rings. The molecule has 0 radical (unpaired) electrons. The van der Waals surface area contributed by atoms with E-state index >= 15 is 0 Å². The molecular weight excluding hydrogens is 314 g/mol. The average Bonchev–Trinajstić information content (AvgIpc) is 2.92. The number of anilines is 1. The Morgan fingerprint density at radius 1 is 1.43 bits per heavy atom. The minimum absolute atomic E-state index is 0.260. The number of nitrogens with zero attached hydrogens (tertiary/aromatic N) is 1. The standard InChI is InChI=1S/C16H17N3O3S/c1-9-4-5-13-12(6-9)19-15(21)16(3,22-13)14(20)17-7-11-8-23-10(2)18-11/h4-6,8H,7H2,1-3H3,(H,17,20)(H,19,21)/t16-/m1/s1. The summed E-state index contributed by atoms with van der Waals surface area (Å²) in [5, 5.41) is 8.25. The Balaban J connectivity index is 1.76. The van der Waals surface area contributed by atoms with E-state index in [1.807, 2.05) is 31.4 Å². The first-order valence-electron chi connectivity index (χ1n) is 7.19. The van der Waals surface area contributed by atoms with E-state index in [2.05, 4.69) is 15.6 Å². The second-order valence-corrected chi connectivity index (χ2v) is 6.69. The van der Waals surface area contributed by atoms with E-state index in [4.69, 9.17) is 4.74 Å². The van der Waals surface area contributed by atoms with E-state index in [1.54, 1.807) is 6.07 Å². The number of ether oxygens (including phenoxy) is 1. The molecule has 0 saturated carbocycles. The maximum atomic E-state index is 12.5. The summed E-state index contributed by atoms with van der Waals surface area (Å²) in [7, 11) is 0. The normalized spacial score (nSPS) is 19.5. The van der Waals surface area contributed by atoms with Crippen LogP contribution >= 0.6 is 11.3 Å². The highest BCUT2D eigenvalue weighted by Crippen LogP contribution is 2.34. The molecule has 1 atom stereocenters. The van der Waals surface area contributed by atoms with Crippen LogP contribution in [0.2, 0.25) is 0 Å². The molecule has 0 aliphatic carbocycles. The number of hydrogen-bond acceptors (Lipinski definition) is 5. The van der Waals surface area contributed by atoms with Crippen LogP contribution in [-0.2, 0) is 16.1 Å². The third kappa shape index (κ3) is 2.92. The van der Waals surface area contributed by atoms with Crippen molar-refractivity contribution in [3.05, 3.63) is 39.8 Å². The van der Waals surface area contributed by atoms with Crippen molar-refractivity contribution in [2.45, 2.75) is 32.9 Å². The average molecular weight is 331 g/mol. The molecule has 1 aliphatic heterocycles. The van der Waals surface area contributed by atoms with Crippen LogP contribution in [0.3, 0.4) is 0 Å². The molecule has 23 heavy (non-hydrogen) atoms. The van der Waals surface area contributed by atoms with Crippen molar-refractivity contribution >= 4 is 28.8 Å². The summed E-state index contributed by atoms with van der Waals surface area (Å²) in [4.78, 5) is 29.1. The van der Waals surface area contributed by atoms with Crippen LogP contribution in [0.25, 0.3) is 0 Å². The number of benzene rings is 1. The number of nitrogens with one attached hydrogen (secondary N) is 2. The molecule has 120 valence electrons. The van der Waals surface area contributed by atoms with Crippen molar-refractivity contribution in [3.8, 4) is 5.75 Å². The minimum Gasteiger partial charge on any atom is -0.466 e. The lowest BCUT2D eigenvalue weighted by atomic mass is 10.0. The Bertz CT molecular complexity index is 787. The lowest BCUT2D eigenvalue weighted by Gasteiger charge is -2.33. The third-order valence-corrected chi connectivity index (χ3v) is 4.48. The van der Waals surface area contributed by atoms with Gasteiger partial charge < -0.3 is 15.4 Å². The van der Waals surface area contributed by atoms with Crippen LogP contribution in [0, 0.1) is 13.8 Å². The lowest BCUT2D eigenvalue weighted by molar-refractivity contribution is -0.146. The Morgan fingerprint density at radius 2 is 2.22 bits per heavy atom. The molecule has 2 amide bonds. The van der Waals surface area contributed by atoms with Crippen molar-refractivity contribution in [3.63, 3.8) is 0 Å². The number of aromatic nitrogens is 1. The van der Waals surface area contributed by atoms with Gasteiger partial charge in [-0.05, 0) is 38.5 Å². The fourth-order valence-corrected chi connectivity index (χ4v) is 2.93.